The van der Waals surface area contributed by atoms with Gasteiger partial charge in [0.15, 0.2) is 0 Å². The molecule has 6 nitrogen and oxygen atoms in total. The predicted molar refractivity (Wildman–Crippen MR) is 47.4 cm³/mol. The fourth-order valence-corrected chi connectivity index (χ4v) is 0.934. The normalized spacial score (nSPS) is 9.79. The molecule has 0 bridgehead atoms. The van der Waals surface area contributed by atoms with Crippen molar-refractivity contribution in [3.63, 3.8) is 0 Å². The Hall–Kier alpha value is -1.85. The number of carbonyl (C=O) groups is 1. The van der Waals surface area contributed by atoms with Gasteiger partial charge in [0.25, 0.3) is 11.6 Å². The summed E-state index contributed by atoms with van der Waals surface area (Å²) >= 11 is 0. The lowest BCUT2D eigenvalue weighted by molar-refractivity contribution is -0.136. The van der Waals surface area contributed by atoms with Crippen LogP contribution in [0, 0.1) is 0 Å². The van der Waals surface area contributed by atoms with Crippen LogP contribution in [-0.2, 0) is 11.2 Å². The quantitative estimate of drug-likeness (QED) is 0.698. The van der Waals surface area contributed by atoms with Crippen LogP contribution < -0.4 is 10.3 Å². The number of ether oxygens (including phenoxy) is 1. The van der Waals surface area contributed by atoms with Crippen LogP contribution in [0.4, 0.5) is 0 Å². The lowest BCUT2D eigenvalue weighted by Gasteiger charge is -2.02. The van der Waals surface area contributed by atoms with Crippen molar-refractivity contribution in [3.8, 4) is 6.01 Å². The first-order valence-electron chi connectivity index (χ1n) is 4.06. The van der Waals surface area contributed by atoms with Crippen LogP contribution in [0.5, 0.6) is 6.01 Å². The van der Waals surface area contributed by atoms with E-state index in [2.05, 4.69) is 9.97 Å². The second kappa shape index (κ2) is 4.40. The van der Waals surface area contributed by atoms with Gasteiger partial charge in [-0.25, -0.2) is 4.98 Å². The molecule has 0 fully saturated rings. The number of H-pyrrole nitrogens is 1. The van der Waals surface area contributed by atoms with Crippen molar-refractivity contribution >= 4 is 5.97 Å². The van der Waals surface area contributed by atoms with Gasteiger partial charge in [-0.1, -0.05) is 0 Å². The molecule has 0 saturated heterocycles. The molecule has 0 radical (unpaired) electrons. The summed E-state index contributed by atoms with van der Waals surface area (Å²) in [6.07, 6.45) is -0.288. The molecule has 2 N–H and O–H groups in total. The summed E-state index contributed by atoms with van der Waals surface area (Å²) in [5.41, 5.74) is -0.232. The molecule has 0 spiro atoms. The summed E-state index contributed by atoms with van der Waals surface area (Å²) < 4.78 is 4.95. The number of hydrogen-bond acceptors (Lipinski definition) is 4. The molecule has 1 aromatic heterocycles. The Morgan fingerprint density at radius 2 is 2.43 bits per heavy atom. The Morgan fingerprint density at radius 3 is 3.00 bits per heavy atom. The zero-order valence-corrected chi connectivity index (χ0v) is 7.61. The molecule has 1 heterocycles. The zero-order valence-electron chi connectivity index (χ0n) is 7.61. The smallest absolute Gasteiger partial charge is 0.309 e. The highest BCUT2D eigenvalue weighted by molar-refractivity contribution is 5.69. The number of rotatable bonds is 4. The van der Waals surface area contributed by atoms with Crippen molar-refractivity contribution in [1.29, 1.82) is 0 Å². The third-order valence-corrected chi connectivity index (χ3v) is 1.39. The molecule has 0 aliphatic carbocycles. The minimum Gasteiger partial charge on any atom is -0.481 e. The number of nitrogens with zero attached hydrogens (tertiary/aromatic N) is 1. The van der Waals surface area contributed by atoms with E-state index in [1.165, 1.54) is 0 Å². The molecule has 0 aromatic carbocycles. The number of nitrogens with one attached hydrogen (secondary N) is 1. The Bertz CT molecular complexity index is 385. The SMILES string of the molecule is CCOc1nc(CC(=O)O)cc(=O)[nH]1. The maximum atomic E-state index is 11.0. The second-order valence-corrected chi connectivity index (χ2v) is 2.55. The molecule has 0 aliphatic rings. The standard InChI is InChI=1S/C8H10N2O4/c1-2-14-8-9-5(4-7(12)13)3-6(11)10-8/h3H,2,4H2,1H3,(H,12,13)(H,9,10,11). The van der Waals surface area contributed by atoms with E-state index >= 15 is 0 Å². The third kappa shape index (κ3) is 2.89. The van der Waals surface area contributed by atoms with E-state index in [0.717, 1.165) is 6.07 Å². The molecule has 0 aliphatic heterocycles. The Morgan fingerprint density at radius 1 is 1.71 bits per heavy atom. The average Bonchev–Trinajstić information content (AvgIpc) is 2.01. The van der Waals surface area contributed by atoms with Gasteiger partial charge < -0.3 is 9.84 Å². The molecule has 0 saturated carbocycles. The van der Waals surface area contributed by atoms with E-state index in [4.69, 9.17) is 9.84 Å². The van der Waals surface area contributed by atoms with E-state index in [9.17, 15) is 9.59 Å². The fraction of sp³-hybridized carbons (Fsp3) is 0.375. The van der Waals surface area contributed by atoms with Crippen molar-refractivity contribution in [1.82, 2.24) is 9.97 Å². The first kappa shape index (κ1) is 10.2. The fourth-order valence-electron chi connectivity index (χ4n) is 0.934. The molecule has 1 aromatic rings. The van der Waals surface area contributed by atoms with Gasteiger partial charge in [0.05, 0.1) is 18.7 Å². The van der Waals surface area contributed by atoms with E-state index in [0.29, 0.717) is 6.61 Å². The monoisotopic (exact) mass is 198 g/mol. The number of hydrogen-bond donors (Lipinski definition) is 2. The minimum atomic E-state index is -1.04. The van der Waals surface area contributed by atoms with Crippen LogP contribution >= 0.6 is 0 Å². The number of carboxylic acid groups (broad SMARTS) is 1. The van der Waals surface area contributed by atoms with Gasteiger partial charge in [-0.2, -0.15) is 0 Å². The van der Waals surface area contributed by atoms with E-state index in [1.807, 2.05) is 0 Å². The predicted octanol–water partition coefficient (Wildman–Crippen LogP) is -0.204. The molecule has 0 amide bonds. The van der Waals surface area contributed by atoms with Crippen LogP contribution in [0.25, 0.3) is 0 Å². The second-order valence-electron chi connectivity index (χ2n) is 2.55. The van der Waals surface area contributed by atoms with E-state index < -0.39 is 11.5 Å². The molecule has 14 heavy (non-hydrogen) atoms. The largest absolute Gasteiger partial charge is 0.481 e. The van der Waals surface area contributed by atoms with Crippen molar-refractivity contribution in [2.45, 2.75) is 13.3 Å². The number of carboxylic acids is 1. The molecular formula is C8H10N2O4. The van der Waals surface area contributed by atoms with Gasteiger partial charge in [-0.3, -0.25) is 14.6 Å². The lowest BCUT2D eigenvalue weighted by Crippen LogP contribution is -2.13. The number of aliphatic carboxylic acids is 1. The molecule has 0 atom stereocenters. The van der Waals surface area contributed by atoms with Gasteiger partial charge in [0, 0.05) is 6.07 Å². The summed E-state index contributed by atoms with van der Waals surface area (Å²) in [5, 5.41) is 8.49. The van der Waals surface area contributed by atoms with Gasteiger partial charge in [-0.05, 0) is 6.92 Å². The van der Waals surface area contributed by atoms with Crippen molar-refractivity contribution in [2.75, 3.05) is 6.61 Å². The molecule has 6 heteroatoms. The third-order valence-electron chi connectivity index (χ3n) is 1.39. The Kier molecular flexibility index (Phi) is 3.22. The Balaban J connectivity index is 2.94. The minimum absolute atomic E-state index is 0.0521. The summed E-state index contributed by atoms with van der Waals surface area (Å²) in [7, 11) is 0. The van der Waals surface area contributed by atoms with Gasteiger partial charge in [-0.15, -0.1) is 0 Å². The maximum absolute atomic E-state index is 11.0. The highest BCUT2D eigenvalue weighted by atomic mass is 16.5. The first-order valence-corrected chi connectivity index (χ1v) is 4.06. The molecule has 1 rings (SSSR count). The van der Waals surface area contributed by atoms with Crippen LogP contribution in [0.2, 0.25) is 0 Å². The zero-order chi connectivity index (χ0) is 10.6. The van der Waals surface area contributed by atoms with Crippen molar-refractivity contribution in [3.05, 3.63) is 22.1 Å². The summed E-state index contributed by atoms with van der Waals surface area (Å²) in [5.74, 6) is -1.04. The van der Waals surface area contributed by atoms with Crippen LogP contribution in [-0.4, -0.2) is 27.7 Å². The van der Waals surface area contributed by atoms with E-state index in [1.54, 1.807) is 6.92 Å². The van der Waals surface area contributed by atoms with Crippen LogP contribution in [0.1, 0.15) is 12.6 Å². The molecule has 0 unspecified atom stereocenters. The summed E-state index contributed by atoms with van der Waals surface area (Å²) in [6, 6.07) is 1.19. The van der Waals surface area contributed by atoms with Gasteiger partial charge in [0.1, 0.15) is 0 Å². The highest BCUT2D eigenvalue weighted by Gasteiger charge is 2.05. The Labute approximate surface area is 79.6 Å². The molecular weight excluding hydrogens is 188 g/mol. The highest BCUT2D eigenvalue weighted by Crippen LogP contribution is 2.00. The number of aromatic amines is 1. The average molecular weight is 198 g/mol. The number of aromatic nitrogens is 2. The first-order chi connectivity index (χ1) is 6.61. The van der Waals surface area contributed by atoms with Gasteiger partial charge in [0.2, 0.25) is 0 Å². The van der Waals surface area contributed by atoms with Gasteiger partial charge >= 0.3 is 5.97 Å². The van der Waals surface area contributed by atoms with Crippen molar-refractivity contribution in [2.24, 2.45) is 0 Å². The topological polar surface area (TPSA) is 92.3 Å². The van der Waals surface area contributed by atoms with Crippen LogP contribution in [0.15, 0.2) is 10.9 Å². The van der Waals surface area contributed by atoms with E-state index in [-0.39, 0.29) is 18.1 Å². The maximum Gasteiger partial charge on any atom is 0.309 e. The van der Waals surface area contributed by atoms with Crippen molar-refractivity contribution < 1.29 is 14.6 Å². The summed E-state index contributed by atoms with van der Waals surface area (Å²) in [4.78, 5) is 27.5. The summed E-state index contributed by atoms with van der Waals surface area (Å²) in [6.45, 7) is 2.10. The van der Waals surface area contributed by atoms with Crippen LogP contribution in [0.3, 0.4) is 0 Å². The lowest BCUT2D eigenvalue weighted by atomic mass is 10.3. The molecule has 76 valence electrons.